The van der Waals surface area contributed by atoms with Gasteiger partial charge in [0, 0.05) is 0 Å². The maximum atomic E-state index is 5.41. The Kier molecular flexibility index (Phi) is 1.90. The summed E-state index contributed by atoms with van der Waals surface area (Å²) >= 11 is 0. The van der Waals surface area contributed by atoms with Crippen LogP contribution in [0.15, 0.2) is 18.2 Å². The van der Waals surface area contributed by atoms with Crippen molar-refractivity contribution in [3.05, 3.63) is 30.7 Å². The Bertz CT molecular complexity index is 281. The summed E-state index contributed by atoms with van der Waals surface area (Å²) < 4.78 is 10.8. The molecule has 0 aliphatic carbocycles. The largest absolute Gasteiger partial charge is 0.486 e. The molecule has 0 aromatic heterocycles. The van der Waals surface area contributed by atoms with Crippen LogP contribution in [0.5, 0.6) is 11.5 Å². The van der Waals surface area contributed by atoms with Crippen molar-refractivity contribution in [3.63, 3.8) is 0 Å². The minimum atomic E-state index is 0.646. The van der Waals surface area contributed by atoms with E-state index in [1.54, 1.807) is 0 Å². The second kappa shape index (κ2) is 3.05. The number of hydrogen-bond acceptors (Lipinski definition) is 2. The van der Waals surface area contributed by atoms with E-state index in [0.29, 0.717) is 13.2 Å². The molecule has 1 heterocycles. The molecule has 2 nitrogen and oxygen atoms in total. The molecule has 1 aromatic carbocycles. The second-order valence-electron chi connectivity index (χ2n) is 2.73. The lowest BCUT2D eigenvalue weighted by atomic mass is 10.1. The molecular formula is C10H11O2. The zero-order valence-corrected chi connectivity index (χ0v) is 6.88. The summed E-state index contributed by atoms with van der Waals surface area (Å²) in [6, 6.07) is 5.94. The zero-order valence-electron chi connectivity index (χ0n) is 6.88. The van der Waals surface area contributed by atoms with E-state index in [1.165, 1.54) is 5.56 Å². The van der Waals surface area contributed by atoms with E-state index in [1.807, 2.05) is 18.2 Å². The van der Waals surface area contributed by atoms with Crippen molar-refractivity contribution in [2.75, 3.05) is 13.2 Å². The molecule has 12 heavy (non-hydrogen) atoms. The van der Waals surface area contributed by atoms with Gasteiger partial charge in [-0.05, 0) is 31.0 Å². The first-order valence-corrected chi connectivity index (χ1v) is 4.08. The van der Waals surface area contributed by atoms with Crippen molar-refractivity contribution in [1.29, 1.82) is 0 Å². The summed E-state index contributed by atoms with van der Waals surface area (Å²) in [6.07, 6.45) is 0.788. The van der Waals surface area contributed by atoms with Gasteiger partial charge in [0.2, 0.25) is 0 Å². The smallest absolute Gasteiger partial charge is 0.161 e. The van der Waals surface area contributed by atoms with Crippen LogP contribution in [0.1, 0.15) is 5.56 Å². The molecule has 1 aliphatic rings. The summed E-state index contributed by atoms with van der Waals surface area (Å²) in [6.45, 7) is 5.10. The Balaban J connectivity index is 2.36. The molecule has 0 fully saturated rings. The van der Waals surface area contributed by atoms with E-state index in [4.69, 9.17) is 9.47 Å². The third kappa shape index (κ3) is 1.24. The Morgan fingerprint density at radius 1 is 1.17 bits per heavy atom. The maximum absolute atomic E-state index is 5.41. The lowest BCUT2D eigenvalue weighted by Gasteiger charge is -2.18. The monoisotopic (exact) mass is 163 g/mol. The highest BCUT2D eigenvalue weighted by molar-refractivity contribution is 5.43. The zero-order chi connectivity index (χ0) is 8.39. The molecule has 0 amide bonds. The van der Waals surface area contributed by atoms with Crippen LogP contribution in [-0.2, 0) is 6.42 Å². The standard InChI is InChI=1S/C10H11O2/c1-2-8-3-4-9-10(7-8)12-6-5-11-9/h3-4,7H,1-2,5-6H2. The first-order valence-electron chi connectivity index (χ1n) is 4.08. The van der Waals surface area contributed by atoms with Crippen LogP contribution in [0.3, 0.4) is 0 Å². The molecule has 2 heteroatoms. The molecule has 0 saturated heterocycles. The Hall–Kier alpha value is -1.18. The van der Waals surface area contributed by atoms with Crippen LogP contribution >= 0.6 is 0 Å². The van der Waals surface area contributed by atoms with Gasteiger partial charge in [0.15, 0.2) is 11.5 Å². The minimum absolute atomic E-state index is 0.646. The average molecular weight is 163 g/mol. The van der Waals surface area contributed by atoms with Crippen molar-refractivity contribution in [2.45, 2.75) is 6.42 Å². The van der Waals surface area contributed by atoms with Crippen molar-refractivity contribution in [3.8, 4) is 11.5 Å². The predicted octanol–water partition coefficient (Wildman–Crippen LogP) is 1.83. The van der Waals surface area contributed by atoms with Gasteiger partial charge in [-0.25, -0.2) is 0 Å². The van der Waals surface area contributed by atoms with Crippen LogP contribution in [-0.4, -0.2) is 13.2 Å². The Labute approximate surface area is 72.1 Å². The molecule has 63 valence electrons. The number of fused-ring (bicyclic) bond motifs is 1. The van der Waals surface area contributed by atoms with E-state index in [2.05, 4.69) is 6.92 Å². The first-order chi connectivity index (χ1) is 5.90. The van der Waals surface area contributed by atoms with Crippen LogP contribution < -0.4 is 9.47 Å². The van der Waals surface area contributed by atoms with Crippen molar-refractivity contribution in [1.82, 2.24) is 0 Å². The quantitative estimate of drug-likeness (QED) is 0.628. The molecule has 1 aromatic rings. The van der Waals surface area contributed by atoms with Gasteiger partial charge in [0.1, 0.15) is 13.2 Å². The van der Waals surface area contributed by atoms with Gasteiger partial charge in [0.25, 0.3) is 0 Å². The lowest BCUT2D eigenvalue weighted by Crippen LogP contribution is -2.15. The maximum Gasteiger partial charge on any atom is 0.161 e. The molecule has 0 saturated carbocycles. The Morgan fingerprint density at radius 2 is 1.92 bits per heavy atom. The van der Waals surface area contributed by atoms with Crippen LogP contribution in [0, 0.1) is 6.92 Å². The highest BCUT2D eigenvalue weighted by Crippen LogP contribution is 2.30. The molecule has 0 spiro atoms. The topological polar surface area (TPSA) is 18.5 Å². The molecular weight excluding hydrogens is 152 g/mol. The summed E-state index contributed by atoms with van der Waals surface area (Å²) in [4.78, 5) is 0. The molecule has 0 unspecified atom stereocenters. The summed E-state index contributed by atoms with van der Waals surface area (Å²) in [5.74, 6) is 1.70. The fourth-order valence-corrected chi connectivity index (χ4v) is 1.24. The van der Waals surface area contributed by atoms with Gasteiger partial charge in [-0.2, -0.15) is 0 Å². The number of hydrogen-bond donors (Lipinski definition) is 0. The van der Waals surface area contributed by atoms with Gasteiger partial charge in [-0.3, -0.25) is 0 Å². The molecule has 1 radical (unpaired) electrons. The number of ether oxygens (including phenoxy) is 2. The summed E-state index contributed by atoms with van der Waals surface area (Å²) in [7, 11) is 0. The van der Waals surface area contributed by atoms with Gasteiger partial charge in [0.05, 0.1) is 0 Å². The molecule has 0 bridgehead atoms. The molecule has 2 rings (SSSR count). The fraction of sp³-hybridized carbons (Fsp3) is 0.300. The molecule has 0 atom stereocenters. The molecule has 1 aliphatic heterocycles. The van der Waals surface area contributed by atoms with Crippen molar-refractivity contribution >= 4 is 0 Å². The van der Waals surface area contributed by atoms with Gasteiger partial charge in [-0.1, -0.05) is 6.07 Å². The van der Waals surface area contributed by atoms with E-state index < -0.39 is 0 Å². The third-order valence-electron chi connectivity index (χ3n) is 1.90. The summed E-state index contributed by atoms with van der Waals surface area (Å²) in [5.41, 5.74) is 1.18. The van der Waals surface area contributed by atoms with E-state index in [9.17, 15) is 0 Å². The van der Waals surface area contributed by atoms with E-state index >= 15 is 0 Å². The lowest BCUT2D eigenvalue weighted by molar-refractivity contribution is 0.171. The van der Waals surface area contributed by atoms with Crippen molar-refractivity contribution in [2.24, 2.45) is 0 Å². The number of rotatable bonds is 1. The molecule has 0 N–H and O–H groups in total. The first kappa shape index (κ1) is 7.47. The highest BCUT2D eigenvalue weighted by atomic mass is 16.6. The predicted molar refractivity (Wildman–Crippen MR) is 46.5 cm³/mol. The third-order valence-corrected chi connectivity index (χ3v) is 1.90. The van der Waals surface area contributed by atoms with E-state index in [0.717, 1.165) is 17.9 Å². The van der Waals surface area contributed by atoms with Crippen molar-refractivity contribution < 1.29 is 9.47 Å². The van der Waals surface area contributed by atoms with Gasteiger partial charge >= 0.3 is 0 Å². The van der Waals surface area contributed by atoms with Gasteiger partial charge < -0.3 is 9.47 Å². The number of benzene rings is 1. The van der Waals surface area contributed by atoms with E-state index in [-0.39, 0.29) is 0 Å². The summed E-state index contributed by atoms with van der Waals surface area (Å²) in [5, 5.41) is 0. The average Bonchev–Trinajstić information content (AvgIpc) is 2.17. The second-order valence-corrected chi connectivity index (χ2v) is 2.73. The normalized spacial score (nSPS) is 14.4. The van der Waals surface area contributed by atoms with Crippen LogP contribution in [0.4, 0.5) is 0 Å². The SMILES string of the molecule is [CH2]Cc1ccc2c(c1)OCCO2. The van der Waals surface area contributed by atoms with Crippen LogP contribution in [0.2, 0.25) is 0 Å². The highest BCUT2D eigenvalue weighted by Gasteiger charge is 2.10. The minimum Gasteiger partial charge on any atom is -0.486 e. The van der Waals surface area contributed by atoms with Gasteiger partial charge in [-0.15, -0.1) is 0 Å². The van der Waals surface area contributed by atoms with Crippen LogP contribution in [0.25, 0.3) is 0 Å². The Morgan fingerprint density at radius 3 is 2.67 bits per heavy atom. The fourth-order valence-electron chi connectivity index (χ4n) is 1.24.